The SMILES string of the molecule is CNCC1CCCN1Cc1nc(-c2cccs2)no1.Cl. The summed E-state index contributed by atoms with van der Waals surface area (Å²) in [6, 6.07) is 4.60. The number of aromatic nitrogens is 2. The first-order valence-corrected chi connectivity index (χ1v) is 7.50. The maximum absolute atomic E-state index is 5.36. The molecule has 2 aromatic heterocycles. The summed E-state index contributed by atoms with van der Waals surface area (Å²) >= 11 is 1.63. The van der Waals surface area contributed by atoms with Crippen molar-refractivity contribution in [3.63, 3.8) is 0 Å². The van der Waals surface area contributed by atoms with Gasteiger partial charge in [0.2, 0.25) is 11.7 Å². The Morgan fingerprint density at radius 2 is 2.45 bits per heavy atom. The second-order valence-corrected chi connectivity index (χ2v) is 5.76. The summed E-state index contributed by atoms with van der Waals surface area (Å²) in [6.07, 6.45) is 2.49. The summed E-state index contributed by atoms with van der Waals surface area (Å²) in [5, 5.41) is 9.32. The predicted octanol–water partition coefficient (Wildman–Crippen LogP) is 2.40. The molecule has 0 aliphatic carbocycles. The number of nitrogens with one attached hydrogen (secondary N) is 1. The van der Waals surface area contributed by atoms with Crippen molar-refractivity contribution in [1.29, 1.82) is 0 Å². The Labute approximate surface area is 128 Å². The number of hydrogen-bond donors (Lipinski definition) is 1. The predicted molar refractivity (Wildman–Crippen MR) is 82.2 cm³/mol. The average Bonchev–Trinajstić information content (AvgIpc) is 3.12. The Morgan fingerprint density at radius 1 is 1.55 bits per heavy atom. The van der Waals surface area contributed by atoms with Gasteiger partial charge in [-0.1, -0.05) is 11.2 Å². The van der Waals surface area contributed by atoms with Gasteiger partial charge in [-0.25, -0.2) is 0 Å². The molecule has 7 heteroatoms. The van der Waals surface area contributed by atoms with E-state index in [2.05, 4.69) is 20.4 Å². The van der Waals surface area contributed by atoms with Crippen molar-refractivity contribution in [2.45, 2.75) is 25.4 Å². The second-order valence-electron chi connectivity index (χ2n) is 4.81. The molecule has 110 valence electrons. The van der Waals surface area contributed by atoms with E-state index in [4.69, 9.17) is 4.52 Å². The highest BCUT2D eigenvalue weighted by molar-refractivity contribution is 7.13. The number of likely N-dealkylation sites (N-methyl/N-ethyl adjacent to an activating group) is 1. The van der Waals surface area contributed by atoms with Crippen LogP contribution in [0.25, 0.3) is 10.7 Å². The van der Waals surface area contributed by atoms with E-state index < -0.39 is 0 Å². The van der Waals surface area contributed by atoms with Crippen molar-refractivity contribution in [2.75, 3.05) is 20.1 Å². The van der Waals surface area contributed by atoms with Gasteiger partial charge in [-0.3, -0.25) is 4.90 Å². The minimum atomic E-state index is 0. The molecule has 5 nitrogen and oxygen atoms in total. The minimum absolute atomic E-state index is 0. The molecule has 1 N–H and O–H groups in total. The molecule has 3 heterocycles. The summed E-state index contributed by atoms with van der Waals surface area (Å²) in [4.78, 5) is 7.96. The molecule has 1 saturated heterocycles. The molecule has 0 bridgehead atoms. The van der Waals surface area contributed by atoms with Gasteiger partial charge in [0.05, 0.1) is 11.4 Å². The highest BCUT2D eigenvalue weighted by Crippen LogP contribution is 2.23. The lowest BCUT2D eigenvalue weighted by Crippen LogP contribution is -2.36. The maximum atomic E-state index is 5.36. The fourth-order valence-corrected chi connectivity index (χ4v) is 3.22. The quantitative estimate of drug-likeness (QED) is 0.918. The van der Waals surface area contributed by atoms with Crippen molar-refractivity contribution in [3.05, 3.63) is 23.4 Å². The highest BCUT2D eigenvalue weighted by Gasteiger charge is 2.25. The van der Waals surface area contributed by atoms with E-state index in [1.54, 1.807) is 11.3 Å². The monoisotopic (exact) mass is 314 g/mol. The Morgan fingerprint density at radius 3 is 3.20 bits per heavy atom. The van der Waals surface area contributed by atoms with Crippen LogP contribution in [-0.2, 0) is 6.54 Å². The van der Waals surface area contributed by atoms with Crippen molar-refractivity contribution >= 4 is 23.7 Å². The molecule has 0 amide bonds. The highest BCUT2D eigenvalue weighted by atomic mass is 35.5. The molecule has 1 atom stereocenters. The molecule has 20 heavy (non-hydrogen) atoms. The third-order valence-electron chi connectivity index (χ3n) is 3.49. The number of nitrogens with zero attached hydrogens (tertiary/aromatic N) is 3. The Kier molecular flexibility index (Phi) is 5.54. The average molecular weight is 315 g/mol. The van der Waals surface area contributed by atoms with E-state index >= 15 is 0 Å². The fourth-order valence-electron chi connectivity index (χ4n) is 2.57. The maximum Gasteiger partial charge on any atom is 0.241 e. The van der Waals surface area contributed by atoms with Gasteiger partial charge in [-0.15, -0.1) is 23.7 Å². The molecule has 2 aromatic rings. The third-order valence-corrected chi connectivity index (χ3v) is 4.35. The smallest absolute Gasteiger partial charge is 0.241 e. The van der Waals surface area contributed by atoms with Crippen LogP contribution < -0.4 is 5.32 Å². The molecule has 0 saturated carbocycles. The second kappa shape index (κ2) is 7.17. The van der Waals surface area contributed by atoms with Crippen LogP contribution in [-0.4, -0.2) is 41.2 Å². The van der Waals surface area contributed by atoms with E-state index in [9.17, 15) is 0 Å². The normalized spacial score (nSPS) is 19.1. The van der Waals surface area contributed by atoms with E-state index in [1.807, 2.05) is 24.6 Å². The van der Waals surface area contributed by atoms with Gasteiger partial charge < -0.3 is 9.84 Å². The summed E-state index contributed by atoms with van der Waals surface area (Å²) < 4.78 is 5.36. The van der Waals surface area contributed by atoms with Crippen molar-refractivity contribution in [3.8, 4) is 10.7 Å². The number of rotatable bonds is 5. The molecule has 1 unspecified atom stereocenters. The van der Waals surface area contributed by atoms with Gasteiger partial charge in [-0.2, -0.15) is 4.98 Å². The van der Waals surface area contributed by atoms with Crippen LogP contribution in [0.4, 0.5) is 0 Å². The lowest BCUT2D eigenvalue weighted by molar-refractivity contribution is 0.209. The first-order valence-electron chi connectivity index (χ1n) is 6.62. The van der Waals surface area contributed by atoms with Gasteiger partial charge in [0.15, 0.2) is 0 Å². The lowest BCUT2D eigenvalue weighted by Gasteiger charge is -2.22. The van der Waals surface area contributed by atoms with Crippen LogP contribution in [0.3, 0.4) is 0 Å². The van der Waals surface area contributed by atoms with E-state index in [-0.39, 0.29) is 12.4 Å². The van der Waals surface area contributed by atoms with Crippen LogP contribution in [0.1, 0.15) is 18.7 Å². The molecule has 1 aliphatic rings. The van der Waals surface area contributed by atoms with Gasteiger partial charge >= 0.3 is 0 Å². The Balaban J connectivity index is 0.00000147. The van der Waals surface area contributed by atoms with E-state index in [1.165, 1.54) is 12.8 Å². The molecule has 1 fully saturated rings. The molecule has 3 rings (SSSR count). The Bertz CT molecular complexity index is 516. The molecule has 0 aromatic carbocycles. The first kappa shape index (κ1) is 15.4. The largest absolute Gasteiger partial charge is 0.338 e. The van der Waals surface area contributed by atoms with Crippen LogP contribution in [0.5, 0.6) is 0 Å². The summed E-state index contributed by atoms with van der Waals surface area (Å²) in [7, 11) is 2.00. The van der Waals surface area contributed by atoms with Gasteiger partial charge in [0.1, 0.15) is 0 Å². The lowest BCUT2D eigenvalue weighted by atomic mass is 10.2. The zero-order valence-electron chi connectivity index (χ0n) is 11.4. The topological polar surface area (TPSA) is 54.2 Å². The minimum Gasteiger partial charge on any atom is -0.338 e. The van der Waals surface area contributed by atoms with E-state index in [0.717, 1.165) is 24.5 Å². The van der Waals surface area contributed by atoms with Gasteiger partial charge in [-0.05, 0) is 37.9 Å². The third kappa shape index (κ3) is 3.38. The van der Waals surface area contributed by atoms with Crippen molar-refractivity contribution in [1.82, 2.24) is 20.4 Å². The van der Waals surface area contributed by atoms with Gasteiger partial charge in [0, 0.05) is 12.6 Å². The van der Waals surface area contributed by atoms with E-state index in [0.29, 0.717) is 17.8 Å². The summed E-state index contributed by atoms with van der Waals surface area (Å²) in [5.41, 5.74) is 0. The molecular weight excluding hydrogens is 296 g/mol. The van der Waals surface area contributed by atoms with Crippen LogP contribution in [0.15, 0.2) is 22.0 Å². The zero-order chi connectivity index (χ0) is 13.1. The zero-order valence-corrected chi connectivity index (χ0v) is 13.0. The van der Waals surface area contributed by atoms with Crippen molar-refractivity contribution in [2.24, 2.45) is 0 Å². The number of thiophene rings is 1. The number of halogens is 1. The molecule has 0 spiro atoms. The van der Waals surface area contributed by atoms with Crippen molar-refractivity contribution < 1.29 is 4.52 Å². The van der Waals surface area contributed by atoms with Crippen LogP contribution in [0, 0.1) is 0 Å². The molecular formula is C13H19ClN4OS. The van der Waals surface area contributed by atoms with Crippen LogP contribution >= 0.6 is 23.7 Å². The summed E-state index contributed by atoms with van der Waals surface area (Å²) in [6.45, 7) is 2.89. The van der Waals surface area contributed by atoms with Gasteiger partial charge in [0.25, 0.3) is 0 Å². The fraction of sp³-hybridized carbons (Fsp3) is 0.538. The summed E-state index contributed by atoms with van der Waals surface area (Å²) in [5.74, 6) is 1.42. The number of likely N-dealkylation sites (tertiary alicyclic amines) is 1. The molecule has 0 radical (unpaired) electrons. The molecule has 1 aliphatic heterocycles. The first-order chi connectivity index (χ1) is 9.36. The number of hydrogen-bond acceptors (Lipinski definition) is 6. The standard InChI is InChI=1S/C13H18N4OS.ClH/c1-14-8-10-4-2-6-17(10)9-12-15-13(16-18-12)11-5-3-7-19-11;/h3,5,7,10,14H,2,4,6,8-9H2,1H3;1H. The Hall–Kier alpha value is -0.950. The van der Waals surface area contributed by atoms with Crippen LogP contribution in [0.2, 0.25) is 0 Å².